The minimum absolute atomic E-state index is 0.0768. The molecule has 0 saturated heterocycles. The number of nitrogens with one attached hydrogen (secondary N) is 1. The Labute approximate surface area is 120 Å². The quantitative estimate of drug-likeness (QED) is 0.840. The average molecular weight is 265 g/mol. The Morgan fingerprint density at radius 2 is 1.80 bits per heavy atom. The molecule has 1 amide bonds. The first-order chi connectivity index (χ1) is 9.63. The molecule has 102 valence electrons. The standard InChI is InChI=1S/C18H19NO/c1-14-6-8-17(9-7-14)13-19-18(20)11-10-16-5-3-4-15(2)12-16/h3-12H,13H2,1-2H3,(H,19,20)/b11-10+. The molecule has 0 saturated carbocycles. The molecular formula is C18H19NO. The van der Waals surface area contributed by atoms with E-state index in [1.165, 1.54) is 11.1 Å². The van der Waals surface area contributed by atoms with E-state index in [9.17, 15) is 4.79 Å². The van der Waals surface area contributed by atoms with Gasteiger partial charge < -0.3 is 5.32 Å². The predicted molar refractivity (Wildman–Crippen MR) is 83.2 cm³/mol. The van der Waals surface area contributed by atoms with Crippen LogP contribution in [0.3, 0.4) is 0 Å². The summed E-state index contributed by atoms with van der Waals surface area (Å²) < 4.78 is 0. The van der Waals surface area contributed by atoms with Crippen LogP contribution in [0, 0.1) is 13.8 Å². The maximum atomic E-state index is 11.7. The zero-order valence-electron chi connectivity index (χ0n) is 11.9. The molecule has 20 heavy (non-hydrogen) atoms. The molecule has 2 aromatic carbocycles. The first-order valence-electron chi connectivity index (χ1n) is 6.71. The molecule has 0 spiro atoms. The van der Waals surface area contributed by atoms with Crippen LogP contribution in [0.15, 0.2) is 54.6 Å². The van der Waals surface area contributed by atoms with E-state index in [2.05, 4.69) is 5.32 Å². The lowest BCUT2D eigenvalue weighted by atomic mass is 10.1. The van der Waals surface area contributed by atoms with Gasteiger partial charge in [-0.15, -0.1) is 0 Å². The van der Waals surface area contributed by atoms with Gasteiger partial charge in [0.1, 0.15) is 0 Å². The van der Waals surface area contributed by atoms with E-state index < -0.39 is 0 Å². The van der Waals surface area contributed by atoms with Crippen LogP contribution < -0.4 is 5.32 Å². The van der Waals surface area contributed by atoms with Gasteiger partial charge in [0.25, 0.3) is 0 Å². The second-order valence-corrected chi connectivity index (χ2v) is 4.95. The highest BCUT2D eigenvalue weighted by Crippen LogP contribution is 2.06. The Balaban J connectivity index is 1.88. The Hall–Kier alpha value is -2.35. The normalized spacial score (nSPS) is 10.7. The van der Waals surface area contributed by atoms with Crippen molar-refractivity contribution >= 4 is 12.0 Å². The Bertz CT molecular complexity index is 612. The van der Waals surface area contributed by atoms with E-state index in [0.717, 1.165) is 11.1 Å². The van der Waals surface area contributed by atoms with Crippen LogP contribution >= 0.6 is 0 Å². The van der Waals surface area contributed by atoms with Crippen molar-refractivity contribution in [3.8, 4) is 0 Å². The van der Waals surface area contributed by atoms with Crippen molar-refractivity contribution < 1.29 is 4.79 Å². The van der Waals surface area contributed by atoms with Crippen molar-refractivity contribution in [3.05, 3.63) is 76.9 Å². The number of carbonyl (C=O) groups excluding carboxylic acids is 1. The predicted octanol–water partition coefficient (Wildman–Crippen LogP) is 3.63. The summed E-state index contributed by atoms with van der Waals surface area (Å²) in [5, 5.41) is 2.88. The number of amides is 1. The van der Waals surface area contributed by atoms with Crippen LogP contribution in [0.25, 0.3) is 6.08 Å². The molecule has 0 aliphatic carbocycles. The highest BCUT2D eigenvalue weighted by atomic mass is 16.1. The van der Waals surface area contributed by atoms with Crippen molar-refractivity contribution in [1.82, 2.24) is 5.32 Å². The summed E-state index contributed by atoms with van der Waals surface area (Å²) in [6.07, 6.45) is 3.40. The largest absolute Gasteiger partial charge is 0.348 e. The smallest absolute Gasteiger partial charge is 0.244 e. The van der Waals surface area contributed by atoms with Crippen LogP contribution in [-0.4, -0.2) is 5.91 Å². The summed E-state index contributed by atoms with van der Waals surface area (Å²) >= 11 is 0. The van der Waals surface area contributed by atoms with E-state index in [0.29, 0.717) is 6.54 Å². The van der Waals surface area contributed by atoms with Crippen LogP contribution in [0.5, 0.6) is 0 Å². The molecule has 1 N–H and O–H groups in total. The van der Waals surface area contributed by atoms with Crippen molar-refractivity contribution in [3.63, 3.8) is 0 Å². The number of hydrogen-bond donors (Lipinski definition) is 1. The van der Waals surface area contributed by atoms with Crippen molar-refractivity contribution in [1.29, 1.82) is 0 Å². The fourth-order valence-corrected chi connectivity index (χ4v) is 1.90. The van der Waals surface area contributed by atoms with Crippen molar-refractivity contribution in [2.24, 2.45) is 0 Å². The monoisotopic (exact) mass is 265 g/mol. The molecule has 2 aromatic rings. The minimum Gasteiger partial charge on any atom is -0.348 e. The SMILES string of the molecule is Cc1ccc(CNC(=O)/C=C/c2cccc(C)c2)cc1. The van der Waals surface area contributed by atoms with Gasteiger partial charge in [-0.2, -0.15) is 0 Å². The number of benzene rings is 2. The van der Waals surface area contributed by atoms with E-state index >= 15 is 0 Å². The maximum absolute atomic E-state index is 11.7. The highest BCUT2D eigenvalue weighted by molar-refractivity contribution is 5.91. The molecule has 0 atom stereocenters. The molecule has 0 heterocycles. The molecule has 2 rings (SSSR count). The van der Waals surface area contributed by atoms with E-state index in [4.69, 9.17) is 0 Å². The molecule has 0 aliphatic heterocycles. The molecule has 0 aliphatic rings. The van der Waals surface area contributed by atoms with Gasteiger partial charge in [0.15, 0.2) is 0 Å². The third kappa shape index (κ3) is 4.39. The van der Waals surface area contributed by atoms with Gasteiger partial charge in [0, 0.05) is 12.6 Å². The summed E-state index contributed by atoms with van der Waals surface area (Å²) in [4.78, 5) is 11.7. The summed E-state index contributed by atoms with van der Waals surface area (Å²) in [5.41, 5.74) is 4.55. The third-order valence-corrected chi connectivity index (χ3v) is 3.06. The molecular weight excluding hydrogens is 246 g/mol. The van der Waals surface area contributed by atoms with Crippen LogP contribution in [0.2, 0.25) is 0 Å². The van der Waals surface area contributed by atoms with Crippen LogP contribution in [0.1, 0.15) is 22.3 Å². The minimum atomic E-state index is -0.0768. The fraction of sp³-hybridized carbons (Fsp3) is 0.167. The molecule has 0 aromatic heterocycles. The molecule has 2 nitrogen and oxygen atoms in total. The first kappa shape index (κ1) is 14.1. The van der Waals surface area contributed by atoms with Crippen molar-refractivity contribution in [2.75, 3.05) is 0 Å². The second-order valence-electron chi connectivity index (χ2n) is 4.95. The van der Waals surface area contributed by atoms with Gasteiger partial charge in [-0.1, -0.05) is 59.7 Å². The van der Waals surface area contributed by atoms with Crippen LogP contribution in [0.4, 0.5) is 0 Å². The van der Waals surface area contributed by atoms with Gasteiger partial charge in [-0.25, -0.2) is 0 Å². The van der Waals surface area contributed by atoms with E-state index in [-0.39, 0.29) is 5.91 Å². The summed E-state index contributed by atoms with van der Waals surface area (Å²) in [6.45, 7) is 4.64. The zero-order valence-corrected chi connectivity index (χ0v) is 11.9. The number of carbonyl (C=O) groups is 1. The van der Waals surface area contributed by atoms with Gasteiger partial charge >= 0.3 is 0 Å². The number of rotatable bonds is 4. The molecule has 0 radical (unpaired) electrons. The Morgan fingerprint density at radius 1 is 1.05 bits per heavy atom. The van der Waals surface area contributed by atoms with Crippen molar-refractivity contribution in [2.45, 2.75) is 20.4 Å². The van der Waals surface area contributed by atoms with E-state index in [1.54, 1.807) is 6.08 Å². The van der Waals surface area contributed by atoms with E-state index in [1.807, 2.05) is 68.5 Å². The lowest BCUT2D eigenvalue weighted by molar-refractivity contribution is -0.116. The summed E-state index contributed by atoms with van der Waals surface area (Å²) in [6, 6.07) is 16.2. The average Bonchev–Trinajstić information content (AvgIpc) is 2.45. The summed E-state index contributed by atoms with van der Waals surface area (Å²) in [5.74, 6) is -0.0768. The number of hydrogen-bond acceptors (Lipinski definition) is 1. The first-order valence-corrected chi connectivity index (χ1v) is 6.71. The van der Waals surface area contributed by atoms with Crippen LogP contribution in [-0.2, 0) is 11.3 Å². The van der Waals surface area contributed by atoms with Gasteiger partial charge in [-0.3, -0.25) is 4.79 Å². The fourth-order valence-electron chi connectivity index (χ4n) is 1.90. The number of aryl methyl sites for hydroxylation is 2. The Kier molecular flexibility index (Phi) is 4.72. The third-order valence-electron chi connectivity index (χ3n) is 3.06. The summed E-state index contributed by atoms with van der Waals surface area (Å²) in [7, 11) is 0. The molecule has 0 fully saturated rings. The maximum Gasteiger partial charge on any atom is 0.244 e. The van der Waals surface area contributed by atoms with Gasteiger partial charge in [-0.05, 0) is 31.1 Å². The lowest BCUT2D eigenvalue weighted by Crippen LogP contribution is -2.20. The second kappa shape index (κ2) is 6.71. The molecule has 0 unspecified atom stereocenters. The van der Waals surface area contributed by atoms with Gasteiger partial charge in [0.2, 0.25) is 5.91 Å². The topological polar surface area (TPSA) is 29.1 Å². The molecule has 0 bridgehead atoms. The Morgan fingerprint density at radius 3 is 2.50 bits per heavy atom. The molecule has 2 heteroatoms. The lowest BCUT2D eigenvalue weighted by Gasteiger charge is -2.03. The highest BCUT2D eigenvalue weighted by Gasteiger charge is 1.97. The zero-order chi connectivity index (χ0) is 14.4. The van der Waals surface area contributed by atoms with Gasteiger partial charge in [0.05, 0.1) is 0 Å².